The molecule has 0 heterocycles. The number of nitrogens with zero attached hydrogens (tertiary/aromatic N) is 1. The van der Waals surface area contributed by atoms with Gasteiger partial charge in [0.2, 0.25) is 17.7 Å². The highest BCUT2D eigenvalue weighted by atomic mass is 16.4. The van der Waals surface area contributed by atoms with Gasteiger partial charge in [-0.15, -0.1) is 0 Å². The van der Waals surface area contributed by atoms with Crippen LogP contribution in [0.3, 0.4) is 0 Å². The number of nitrogens with two attached hydrogens (primary N) is 3. The largest absolute Gasteiger partial charge is 0.480 e. The molecule has 5 unspecified atom stereocenters. The van der Waals surface area contributed by atoms with E-state index in [1.54, 1.807) is 31.2 Å². The van der Waals surface area contributed by atoms with Gasteiger partial charge >= 0.3 is 5.97 Å². The summed E-state index contributed by atoms with van der Waals surface area (Å²) < 4.78 is 0. The van der Waals surface area contributed by atoms with Crippen LogP contribution in [-0.2, 0) is 25.6 Å². The third kappa shape index (κ3) is 12.6. The van der Waals surface area contributed by atoms with Crippen LogP contribution in [0.1, 0.15) is 58.9 Å². The highest BCUT2D eigenvalue weighted by molar-refractivity contribution is 5.94. The van der Waals surface area contributed by atoms with Crippen molar-refractivity contribution in [3.8, 4) is 0 Å². The van der Waals surface area contributed by atoms with Gasteiger partial charge in [0.05, 0.1) is 6.04 Å². The second-order valence-electron chi connectivity index (χ2n) is 10.2. The molecule has 0 fully saturated rings. The van der Waals surface area contributed by atoms with Crippen LogP contribution in [0.5, 0.6) is 0 Å². The van der Waals surface area contributed by atoms with Crippen LogP contribution < -0.4 is 33.2 Å². The Bertz CT molecular complexity index is 967. The molecule has 12 nitrogen and oxygen atoms in total. The molecule has 0 saturated carbocycles. The van der Waals surface area contributed by atoms with Crippen LogP contribution in [0, 0.1) is 11.8 Å². The number of carboxylic acids is 1. The Morgan fingerprint density at radius 3 is 2.05 bits per heavy atom. The summed E-state index contributed by atoms with van der Waals surface area (Å²) in [6.07, 6.45) is 1.65. The normalized spacial score (nSPS) is 14.8. The molecule has 0 saturated heterocycles. The zero-order valence-electron chi connectivity index (χ0n) is 23.4. The van der Waals surface area contributed by atoms with E-state index in [0.29, 0.717) is 19.3 Å². The number of benzene rings is 1. The van der Waals surface area contributed by atoms with Crippen molar-refractivity contribution >= 4 is 29.7 Å². The number of hydrogen-bond donors (Lipinski definition) is 7. The van der Waals surface area contributed by atoms with Gasteiger partial charge in [0.25, 0.3) is 0 Å². The zero-order valence-corrected chi connectivity index (χ0v) is 23.4. The average Bonchev–Trinajstić information content (AvgIpc) is 2.87. The lowest BCUT2D eigenvalue weighted by molar-refractivity contribution is -0.143. The monoisotopic (exact) mass is 547 g/mol. The van der Waals surface area contributed by atoms with Gasteiger partial charge in [-0.25, -0.2) is 4.79 Å². The van der Waals surface area contributed by atoms with Crippen molar-refractivity contribution in [3.05, 3.63) is 35.9 Å². The molecule has 0 aliphatic carbocycles. The Hall–Kier alpha value is -3.67. The summed E-state index contributed by atoms with van der Waals surface area (Å²) in [5.74, 6) is -3.13. The van der Waals surface area contributed by atoms with Crippen LogP contribution in [0.15, 0.2) is 35.3 Å². The minimum absolute atomic E-state index is 0.0899. The van der Waals surface area contributed by atoms with Crippen molar-refractivity contribution in [2.24, 2.45) is 34.0 Å². The number of amides is 3. The molecule has 1 aromatic rings. The van der Waals surface area contributed by atoms with E-state index in [0.717, 1.165) is 5.56 Å². The minimum atomic E-state index is -1.16. The fraction of sp³-hybridized carbons (Fsp3) is 0.593. The number of hydrogen-bond acceptors (Lipinski definition) is 6. The Kier molecular flexibility index (Phi) is 14.6. The van der Waals surface area contributed by atoms with Crippen molar-refractivity contribution in [2.75, 3.05) is 6.54 Å². The maximum absolute atomic E-state index is 13.4. The third-order valence-corrected chi connectivity index (χ3v) is 6.33. The van der Waals surface area contributed by atoms with Crippen LogP contribution >= 0.6 is 0 Å². The first kappa shape index (κ1) is 33.4. The van der Waals surface area contributed by atoms with Gasteiger partial charge in [0.15, 0.2) is 5.96 Å². The molecular formula is C27H45N7O5. The number of carbonyl (C=O) groups is 4. The van der Waals surface area contributed by atoms with Gasteiger partial charge in [0.1, 0.15) is 18.1 Å². The van der Waals surface area contributed by atoms with Crippen LogP contribution in [0.2, 0.25) is 0 Å². The average molecular weight is 548 g/mol. The van der Waals surface area contributed by atoms with Crippen molar-refractivity contribution in [2.45, 2.75) is 84.0 Å². The number of guanidine groups is 1. The van der Waals surface area contributed by atoms with E-state index < -0.39 is 47.9 Å². The Balaban J connectivity index is 3.17. The zero-order chi connectivity index (χ0) is 29.5. The fourth-order valence-corrected chi connectivity index (χ4v) is 3.93. The van der Waals surface area contributed by atoms with E-state index in [-0.39, 0.29) is 37.2 Å². The number of nitrogens with one attached hydrogen (secondary N) is 3. The maximum Gasteiger partial charge on any atom is 0.326 e. The van der Waals surface area contributed by atoms with E-state index >= 15 is 0 Å². The summed E-state index contributed by atoms with van der Waals surface area (Å²) in [6.45, 7) is 7.66. The quantitative estimate of drug-likeness (QED) is 0.0812. The second-order valence-corrected chi connectivity index (χ2v) is 10.2. The third-order valence-electron chi connectivity index (χ3n) is 6.33. The standard InChI is InChI=1S/C27H45N7O5/c1-5-17(4)22(26(38)39)34-25(37)21(15-18-10-7-6-8-11-18)33-24(36)20(12-9-13-31-27(29)30)32-23(35)19(28)14-16(2)3/h6-8,10-11,16-17,19-22H,5,9,12-15,28H2,1-4H3,(H,32,35)(H,33,36)(H,34,37)(H,38,39)(H4,29,30,31). The van der Waals surface area contributed by atoms with Crippen molar-refractivity contribution < 1.29 is 24.3 Å². The molecular weight excluding hydrogens is 502 g/mol. The maximum atomic E-state index is 13.4. The van der Waals surface area contributed by atoms with Crippen LogP contribution in [-0.4, -0.2) is 65.5 Å². The van der Waals surface area contributed by atoms with E-state index in [9.17, 15) is 24.3 Å². The fourth-order valence-electron chi connectivity index (χ4n) is 3.93. The molecule has 12 heteroatoms. The molecule has 1 rings (SSSR count). The predicted octanol–water partition coefficient (Wildman–Crippen LogP) is 0.241. The molecule has 0 aromatic heterocycles. The predicted molar refractivity (Wildman–Crippen MR) is 150 cm³/mol. The molecule has 3 amide bonds. The number of carboxylic acid groups (broad SMARTS) is 1. The van der Waals surface area contributed by atoms with Gasteiger partial charge in [-0.1, -0.05) is 64.4 Å². The van der Waals surface area contributed by atoms with E-state index in [1.165, 1.54) is 0 Å². The lowest BCUT2D eigenvalue weighted by Gasteiger charge is -2.27. The van der Waals surface area contributed by atoms with Gasteiger partial charge in [-0.3, -0.25) is 19.4 Å². The Morgan fingerprint density at radius 2 is 1.51 bits per heavy atom. The Labute approximate surface area is 230 Å². The summed E-state index contributed by atoms with van der Waals surface area (Å²) in [6, 6.07) is 4.98. The number of carbonyl (C=O) groups excluding carboxylic acids is 3. The molecule has 0 bridgehead atoms. The van der Waals surface area contributed by atoms with Gasteiger partial charge < -0.3 is 38.3 Å². The highest BCUT2D eigenvalue weighted by Crippen LogP contribution is 2.11. The van der Waals surface area contributed by atoms with Crippen molar-refractivity contribution in [3.63, 3.8) is 0 Å². The highest BCUT2D eigenvalue weighted by Gasteiger charge is 2.32. The number of rotatable bonds is 17. The molecule has 0 aliphatic rings. The summed E-state index contributed by atoms with van der Waals surface area (Å²) in [7, 11) is 0. The summed E-state index contributed by atoms with van der Waals surface area (Å²) >= 11 is 0. The topological polar surface area (TPSA) is 215 Å². The van der Waals surface area contributed by atoms with Gasteiger partial charge in [0, 0.05) is 13.0 Å². The van der Waals surface area contributed by atoms with Crippen LogP contribution in [0.4, 0.5) is 0 Å². The number of aliphatic imine (C=N–C) groups is 1. The molecule has 0 radical (unpaired) electrons. The molecule has 1 aromatic carbocycles. The van der Waals surface area contributed by atoms with Gasteiger partial charge in [-0.2, -0.15) is 0 Å². The molecule has 5 atom stereocenters. The second kappa shape index (κ2) is 17.0. The number of aliphatic carboxylic acids is 1. The first-order chi connectivity index (χ1) is 18.3. The minimum Gasteiger partial charge on any atom is -0.480 e. The van der Waals surface area contributed by atoms with Crippen LogP contribution in [0.25, 0.3) is 0 Å². The molecule has 0 aliphatic heterocycles. The molecule has 10 N–H and O–H groups in total. The van der Waals surface area contributed by atoms with Crippen molar-refractivity contribution in [1.29, 1.82) is 0 Å². The first-order valence-corrected chi connectivity index (χ1v) is 13.3. The molecule has 218 valence electrons. The summed E-state index contributed by atoms with van der Waals surface area (Å²) in [5.41, 5.74) is 17.5. The lowest BCUT2D eigenvalue weighted by Crippen LogP contribution is -2.58. The van der Waals surface area contributed by atoms with Gasteiger partial charge in [-0.05, 0) is 36.7 Å². The Morgan fingerprint density at radius 1 is 0.923 bits per heavy atom. The van der Waals surface area contributed by atoms with E-state index in [4.69, 9.17) is 17.2 Å². The molecule has 39 heavy (non-hydrogen) atoms. The molecule has 0 spiro atoms. The van der Waals surface area contributed by atoms with E-state index in [2.05, 4.69) is 20.9 Å². The summed E-state index contributed by atoms with van der Waals surface area (Å²) in [5, 5.41) is 17.6. The summed E-state index contributed by atoms with van der Waals surface area (Å²) in [4.78, 5) is 55.2. The lowest BCUT2D eigenvalue weighted by atomic mass is 9.98. The van der Waals surface area contributed by atoms with Crippen molar-refractivity contribution in [1.82, 2.24) is 16.0 Å². The SMILES string of the molecule is CCC(C)C(NC(=O)C(Cc1ccccc1)NC(=O)C(CCCN=C(N)N)NC(=O)C(N)CC(C)C)C(=O)O. The van der Waals surface area contributed by atoms with E-state index in [1.807, 2.05) is 26.8 Å². The smallest absolute Gasteiger partial charge is 0.326 e. The first-order valence-electron chi connectivity index (χ1n) is 13.3.